The topological polar surface area (TPSA) is 12.0 Å². The van der Waals surface area contributed by atoms with Gasteiger partial charge in [0.05, 0.1) is 0 Å². The Hall–Kier alpha value is -2.02. The van der Waals surface area contributed by atoms with Crippen LogP contribution in [-0.2, 0) is 0 Å². The Kier molecular flexibility index (Phi) is 8.03. The van der Waals surface area contributed by atoms with Crippen molar-refractivity contribution in [3.05, 3.63) is 85.2 Å². The average molecular weight is 255 g/mol. The van der Waals surface area contributed by atoms with E-state index in [0.29, 0.717) is 5.92 Å². The van der Waals surface area contributed by atoms with Crippen LogP contribution in [0.4, 0.5) is 0 Å². The van der Waals surface area contributed by atoms with E-state index in [9.17, 15) is 0 Å². The summed E-state index contributed by atoms with van der Waals surface area (Å²) in [5.41, 5.74) is 4.00. The standard InChI is InChI=1S/C18H25N/c1-8-15(5)12-10-11-13-16(6)18(19-7)17(9-2)14(3)4/h8-14,19H,1-2,5-6H2,3-4,7H3/b12-10-,13-11-,18-17-. The highest BCUT2D eigenvalue weighted by Crippen LogP contribution is 2.19. The van der Waals surface area contributed by atoms with E-state index in [4.69, 9.17) is 0 Å². The highest BCUT2D eigenvalue weighted by molar-refractivity contribution is 5.44. The molecule has 0 aromatic rings. The second-order valence-electron chi connectivity index (χ2n) is 4.46. The van der Waals surface area contributed by atoms with Crippen molar-refractivity contribution in [2.75, 3.05) is 7.05 Å². The molecule has 102 valence electrons. The molecule has 0 amide bonds. The molecule has 0 bridgehead atoms. The van der Waals surface area contributed by atoms with Crippen molar-refractivity contribution in [2.45, 2.75) is 13.8 Å². The summed E-state index contributed by atoms with van der Waals surface area (Å²) in [4.78, 5) is 0. The van der Waals surface area contributed by atoms with Crippen LogP contribution in [0.1, 0.15) is 13.8 Å². The zero-order chi connectivity index (χ0) is 14.8. The zero-order valence-electron chi connectivity index (χ0n) is 12.4. The lowest BCUT2D eigenvalue weighted by Crippen LogP contribution is -2.12. The molecule has 0 unspecified atom stereocenters. The van der Waals surface area contributed by atoms with Gasteiger partial charge in [0.1, 0.15) is 0 Å². The van der Waals surface area contributed by atoms with E-state index < -0.39 is 0 Å². The van der Waals surface area contributed by atoms with Gasteiger partial charge in [0.2, 0.25) is 0 Å². The molecule has 0 aliphatic heterocycles. The minimum absolute atomic E-state index is 0.404. The van der Waals surface area contributed by atoms with Crippen LogP contribution in [0.15, 0.2) is 85.2 Å². The Morgan fingerprint density at radius 2 is 1.58 bits per heavy atom. The first-order chi connectivity index (χ1) is 8.97. The smallest absolute Gasteiger partial charge is 0.0440 e. The molecule has 19 heavy (non-hydrogen) atoms. The van der Waals surface area contributed by atoms with E-state index in [1.165, 1.54) is 0 Å². The summed E-state index contributed by atoms with van der Waals surface area (Å²) < 4.78 is 0. The second-order valence-corrected chi connectivity index (χ2v) is 4.46. The van der Waals surface area contributed by atoms with Gasteiger partial charge in [-0.3, -0.25) is 0 Å². The summed E-state index contributed by atoms with van der Waals surface area (Å²) in [6, 6.07) is 0. The number of nitrogens with one attached hydrogen (secondary N) is 1. The summed E-state index contributed by atoms with van der Waals surface area (Å²) in [6.07, 6.45) is 11.3. The Labute approximate surface area is 118 Å². The highest BCUT2D eigenvalue weighted by Gasteiger charge is 2.07. The molecule has 0 fully saturated rings. The van der Waals surface area contributed by atoms with Crippen molar-refractivity contribution in [1.82, 2.24) is 5.32 Å². The van der Waals surface area contributed by atoms with Gasteiger partial charge in [0.25, 0.3) is 0 Å². The van der Waals surface area contributed by atoms with Gasteiger partial charge in [-0.15, -0.1) is 0 Å². The van der Waals surface area contributed by atoms with Crippen LogP contribution in [-0.4, -0.2) is 7.05 Å². The Morgan fingerprint density at radius 1 is 1.00 bits per heavy atom. The first-order valence-corrected chi connectivity index (χ1v) is 6.37. The van der Waals surface area contributed by atoms with E-state index in [-0.39, 0.29) is 0 Å². The molecule has 0 aliphatic carbocycles. The predicted octanol–water partition coefficient (Wildman–Crippen LogP) is 4.71. The lowest BCUT2D eigenvalue weighted by atomic mass is 9.97. The molecule has 0 atom stereocenters. The van der Waals surface area contributed by atoms with Crippen molar-refractivity contribution < 1.29 is 0 Å². The predicted molar refractivity (Wildman–Crippen MR) is 87.9 cm³/mol. The quantitative estimate of drug-likeness (QED) is 0.619. The molecule has 1 heteroatoms. The van der Waals surface area contributed by atoms with Gasteiger partial charge in [-0.25, -0.2) is 0 Å². The lowest BCUT2D eigenvalue weighted by molar-refractivity contribution is 0.766. The Bertz CT molecular complexity index is 442. The van der Waals surface area contributed by atoms with E-state index in [1.54, 1.807) is 6.08 Å². The maximum Gasteiger partial charge on any atom is 0.0440 e. The Balaban J connectivity index is 5.02. The molecule has 0 aromatic heterocycles. The summed E-state index contributed by atoms with van der Waals surface area (Å²) in [5, 5.41) is 3.19. The second kappa shape index (κ2) is 8.98. The van der Waals surface area contributed by atoms with Gasteiger partial charge in [-0.1, -0.05) is 76.6 Å². The van der Waals surface area contributed by atoms with Crippen LogP contribution in [0.2, 0.25) is 0 Å². The van der Waals surface area contributed by atoms with Crippen LogP contribution < -0.4 is 5.32 Å². The van der Waals surface area contributed by atoms with E-state index in [1.807, 2.05) is 37.4 Å². The molecule has 0 rings (SSSR count). The normalized spacial score (nSPS) is 12.6. The maximum absolute atomic E-state index is 4.08. The number of hydrogen-bond donors (Lipinski definition) is 1. The van der Waals surface area contributed by atoms with Gasteiger partial charge in [0, 0.05) is 12.7 Å². The molecule has 1 nitrogen and oxygen atoms in total. The third kappa shape index (κ3) is 5.91. The SMILES string of the molecule is C=CC(=C)/C=C\C=C/C(=C)/C(NC)=C(\C=C)C(C)C. The van der Waals surface area contributed by atoms with Crippen molar-refractivity contribution in [1.29, 1.82) is 0 Å². The lowest BCUT2D eigenvalue weighted by Gasteiger charge is -2.15. The monoisotopic (exact) mass is 255 g/mol. The van der Waals surface area contributed by atoms with Crippen molar-refractivity contribution >= 4 is 0 Å². The van der Waals surface area contributed by atoms with Crippen LogP contribution in [0.5, 0.6) is 0 Å². The van der Waals surface area contributed by atoms with Gasteiger partial charge in [0.15, 0.2) is 0 Å². The van der Waals surface area contributed by atoms with E-state index >= 15 is 0 Å². The number of likely N-dealkylation sites (N-methyl/N-ethyl adjacent to an activating group) is 1. The molecule has 0 aliphatic rings. The van der Waals surface area contributed by atoms with Crippen LogP contribution in [0.25, 0.3) is 0 Å². The third-order valence-corrected chi connectivity index (χ3v) is 2.68. The van der Waals surface area contributed by atoms with Crippen molar-refractivity contribution in [2.24, 2.45) is 5.92 Å². The minimum Gasteiger partial charge on any atom is -0.387 e. The van der Waals surface area contributed by atoms with Crippen molar-refractivity contribution in [3.63, 3.8) is 0 Å². The van der Waals surface area contributed by atoms with Gasteiger partial charge in [-0.05, 0) is 22.6 Å². The summed E-state index contributed by atoms with van der Waals surface area (Å²) in [5.74, 6) is 0.404. The largest absolute Gasteiger partial charge is 0.387 e. The van der Waals surface area contributed by atoms with E-state index in [2.05, 4.69) is 45.5 Å². The first kappa shape index (κ1) is 17.0. The zero-order valence-corrected chi connectivity index (χ0v) is 12.4. The molecule has 0 radical (unpaired) electrons. The van der Waals surface area contributed by atoms with Crippen LogP contribution in [0, 0.1) is 5.92 Å². The fourth-order valence-corrected chi connectivity index (χ4v) is 1.62. The summed E-state index contributed by atoms with van der Waals surface area (Å²) in [7, 11) is 1.90. The molecule has 0 saturated heterocycles. The molecule has 0 saturated carbocycles. The third-order valence-electron chi connectivity index (χ3n) is 2.68. The molecular weight excluding hydrogens is 230 g/mol. The number of rotatable bonds is 8. The number of hydrogen-bond acceptors (Lipinski definition) is 1. The van der Waals surface area contributed by atoms with Gasteiger partial charge < -0.3 is 5.32 Å². The molecule has 0 heterocycles. The van der Waals surface area contributed by atoms with Gasteiger partial charge in [-0.2, -0.15) is 0 Å². The van der Waals surface area contributed by atoms with Gasteiger partial charge >= 0.3 is 0 Å². The summed E-state index contributed by atoms with van der Waals surface area (Å²) in [6.45, 7) is 19.7. The van der Waals surface area contributed by atoms with Crippen molar-refractivity contribution in [3.8, 4) is 0 Å². The number of allylic oxidation sites excluding steroid dienone is 8. The van der Waals surface area contributed by atoms with E-state index in [0.717, 1.165) is 22.4 Å². The average Bonchev–Trinajstić information content (AvgIpc) is 2.39. The highest BCUT2D eigenvalue weighted by atomic mass is 14.8. The Morgan fingerprint density at radius 3 is 2.00 bits per heavy atom. The van der Waals surface area contributed by atoms with Crippen LogP contribution in [0.3, 0.4) is 0 Å². The maximum atomic E-state index is 4.08. The fourth-order valence-electron chi connectivity index (χ4n) is 1.62. The fraction of sp³-hybridized carbons (Fsp3) is 0.222. The molecule has 1 N–H and O–H groups in total. The minimum atomic E-state index is 0.404. The molecule has 0 aromatic carbocycles. The molecule has 0 spiro atoms. The first-order valence-electron chi connectivity index (χ1n) is 6.37. The van der Waals surface area contributed by atoms with Crippen LogP contribution >= 0.6 is 0 Å². The summed E-state index contributed by atoms with van der Waals surface area (Å²) >= 11 is 0. The molecular formula is C18H25N.